The predicted molar refractivity (Wildman–Crippen MR) is 103 cm³/mol. The third-order valence-corrected chi connectivity index (χ3v) is 4.85. The Hall–Kier alpha value is -2.31. The predicted octanol–water partition coefficient (Wildman–Crippen LogP) is 2.51. The zero-order valence-corrected chi connectivity index (χ0v) is 15.7. The van der Waals surface area contributed by atoms with Gasteiger partial charge in [-0.05, 0) is 37.7 Å². The molecule has 6 nitrogen and oxygen atoms in total. The zero-order chi connectivity index (χ0) is 18.7. The number of nitrogens with zero attached hydrogens (tertiary/aromatic N) is 3. The van der Waals surface area contributed by atoms with E-state index in [1.165, 1.54) is 6.20 Å². The van der Waals surface area contributed by atoms with Crippen LogP contribution in [0.2, 0.25) is 5.02 Å². The number of hydrogen-bond acceptors (Lipinski definition) is 5. The highest BCUT2D eigenvalue weighted by Crippen LogP contribution is 2.30. The molecule has 0 aliphatic carbocycles. The fourth-order valence-corrected chi connectivity index (χ4v) is 3.29. The Morgan fingerprint density at radius 2 is 2.08 bits per heavy atom. The van der Waals surface area contributed by atoms with Crippen LogP contribution in [0, 0.1) is 0 Å². The van der Waals surface area contributed by atoms with Crippen LogP contribution in [-0.2, 0) is 6.54 Å². The van der Waals surface area contributed by atoms with Gasteiger partial charge in [0.25, 0.3) is 5.91 Å². The van der Waals surface area contributed by atoms with Crippen LogP contribution in [0.15, 0.2) is 36.5 Å². The second kappa shape index (κ2) is 7.93. The van der Waals surface area contributed by atoms with Crippen LogP contribution < -0.4 is 10.2 Å². The fourth-order valence-electron chi connectivity index (χ4n) is 3.16. The van der Waals surface area contributed by atoms with Gasteiger partial charge in [-0.3, -0.25) is 4.79 Å². The molecule has 1 saturated heterocycles. The molecule has 0 radical (unpaired) electrons. The maximum Gasteiger partial charge on any atom is 0.270 e. The lowest BCUT2D eigenvalue weighted by molar-refractivity contribution is 0.0946. The summed E-state index contributed by atoms with van der Waals surface area (Å²) in [4.78, 5) is 20.9. The average Bonchev–Trinajstić information content (AvgIpc) is 2.62. The molecule has 1 atom stereocenters. The van der Waals surface area contributed by atoms with E-state index in [0.717, 1.165) is 25.2 Å². The summed E-state index contributed by atoms with van der Waals surface area (Å²) in [5.74, 6) is -0.182. The first kappa shape index (κ1) is 18.5. The molecule has 2 heterocycles. The van der Waals surface area contributed by atoms with Crippen LogP contribution in [0.1, 0.15) is 23.0 Å². The van der Waals surface area contributed by atoms with Gasteiger partial charge in [0.05, 0.1) is 11.9 Å². The molecule has 1 unspecified atom stereocenters. The maximum atomic E-state index is 12.5. The van der Waals surface area contributed by atoms with Crippen LogP contribution in [-0.4, -0.2) is 53.6 Å². The van der Waals surface area contributed by atoms with E-state index in [-0.39, 0.29) is 23.4 Å². The molecule has 1 aliphatic heterocycles. The van der Waals surface area contributed by atoms with Crippen molar-refractivity contribution < 1.29 is 9.90 Å². The van der Waals surface area contributed by atoms with E-state index in [9.17, 15) is 9.90 Å². The number of aromatic nitrogens is 1. The van der Waals surface area contributed by atoms with Crippen LogP contribution in [0.5, 0.6) is 5.75 Å². The highest BCUT2D eigenvalue weighted by atomic mass is 35.5. The first-order valence-corrected chi connectivity index (χ1v) is 8.98. The number of halogens is 1. The number of carbonyl (C=O) groups excluding carboxylic acids is 1. The third kappa shape index (κ3) is 4.26. The van der Waals surface area contributed by atoms with Gasteiger partial charge in [0.2, 0.25) is 0 Å². The van der Waals surface area contributed by atoms with Gasteiger partial charge in [-0.15, -0.1) is 0 Å². The molecule has 3 rings (SSSR count). The summed E-state index contributed by atoms with van der Waals surface area (Å²) < 4.78 is 0. The Bertz CT molecular complexity index is 782. The number of anilines is 1. The van der Waals surface area contributed by atoms with Crippen LogP contribution in [0.25, 0.3) is 0 Å². The smallest absolute Gasteiger partial charge is 0.270 e. The number of nitrogens with one attached hydrogen (secondary N) is 1. The SMILES string of the molecule is CC1CN(C)CCN1c1cc(C(=O)NCc2ccc(Cl)cc2)ncc1O. The monoisotopic (exact) mass is 374 g/mol. The molecular formula is C19H23ClN4O2. The van der Waals surface area contributed by atoms with Gasteiger partial charge < -0.3 is 20.2 Å². The first-order valence-electron chi connectivity index (χ1n) is 8.61. The van der Waals surface area contributed by atoms with Crippen molar-refractivity contribution in [2.24, 2.45) is 0 Å². The number of piperazine rings is 1. The van der Waals surface area contributed by atoms with E-state index >= 15 is 0 Å². The van der Waals surface area contributed by atoms with E-state index in [2.05, 4.69) is 34.1 Å². The summed E-state index contributed by atoms with van der Waals surface area (Å²) in [6, 6.07) is 9.21. The quantitative estimate of drug-likeness (QED) is 0.860. The number of amides is 1. The van der Waals surface area contributed by atoms with E-state index < -0.39 is 0 Å². The van der Waals surface area contributed by atoms with Crippen molar-refractivity contribution in [3.8, 4) is 5.75 Å². The van der Waals surface area contributed by atoms with Crippen molar-refractivity contribution in [2.45, 2.75) is 19.5 Å². The van der Waals surface area contributed by atoms with Crippen molar-refractivity contribution in [1.82, 2.24) is 15.2 Å². The van der Waals surface area contributed by atoms with E-state index in [1.807, 2.05) is 12.1 Å². The topological polar surface area (TPSA) is 68.7 Å². The zero-order valence-electron chi connectivity index (χ0n) is 14.9. The molecule has 1 aromatic carbocycles. The summed E-state index contributed by atoms with van der Waals surface area (Å²) in [5.41, 5.74) is 1.89. The number of benzene rings is 1. The molecule has 7 heteroatoms. The molecule has 0 bridgehead atoms. The summed E-state index contributed by atoms with van der Waals surface area (Å²) in [7, 11) is 2.08. The van der Waals surface area contributed by atoms with E-state index in [4.69, 9.17) is 11.6 Å². The third-order valence-electron chi connectivity index (χ3n) is 4.60. The van der Waals surface area contributed by atoms with Crippen LogP contribution in [0.3, 0.4) is 0 Å². The molecule has 2 N–H and O–H groups in total. The minimum atomic E-state index is -0.275. The fraction of sp³-hybridized carbons (Fsp3) is 0.368. The Morgan fingerprint density at radius 3 is 2.77 bits per heavy atom. The van der Waals surface area contributed by atoms with Crippen LogP contribution in [0.4, 0.5) is 5.69 Å². The lowest BCUT2D eigenvalue weighted by Crippen LogP contribution is -2.50. The number of aromatic hydroxyl groups is 1. The number of likely N-dealkylation sites (N-methyl/N-ethyl adjacent to an activating group) is 1. The lowest BCUT2D eigenvalue weighted by Gasteiger charge is -2.40. The second-order valence-corrected chi connectivity index (χ2v) is 7.11. The summed E-state index contributed by atoms with van der Waals surface area (Å²) in [5, 5.41) is 13.7. The molecule has 1 aromatic heterocycles. The maximum absolute atomic E-state index is 12.5. The van der Waals surface area contributed by atoms with Gasteiger partial charge in [0.1, 0.15) is 5.69 Å². The number of hydrogen-bond donors (Lipinski definition) is 2. The molecule has 0 saturated carbocycles. The Balaban J connectivity index is 1.72. The average molecular weight is 375 g/mol. The van der Waals surface area contributed by atoms with Gasteiger partial charge in [0, 0.05) is 37.2 Å². The summed E-state index contributed by atoms with van der Waals surface area (Å²) >= 11 is 5.87. The standard InChI is InChI=1S/C19H23ClN4O2/c1-13-12-23(2)7-8-24(13)17-9-16(21-11-18(17)25)19(26)22-10-14-3-5-15(20)6-4-14/h3-6,9,11,13,25H,7-8,10,12H2,1-2H3,(H,22,26). The normalized spacial score (nSPS) is 18.0. The van der Waals surface area contributed by atoms with Gasteiger partial charge in [-0.1, -0.05) is 23.7 Å². The molecule has 1 fully saturated rings. The van der Waals surface area contributed by atoms with Gasteiger partial charge in [-0.2, -0.15) is 0 Å². The van der Waals surface area contributed by atoms with E-state index in [0.29, 0.717) is 17.3 Å². The number of rotatable bonds is 4. The van der Waals surface area contributed by atoms with Gasteiger partial charge in [0.15, 0.2) is 5.75 Å². The minimum Gasteiger partial charge on any atom is -0.504 e. The molecule has 0 spiro atoms. The molecular weight excluding hydrogens is 352 g/mol. The van der Waals surface area contributed by atoms with Crippen molar-refractivity contribution in [1.29, 1.82) is 0 Å². The van der Waals surface area contributed by atoms with Crippen LogP contribution >= 0.6 is 11.6 Å². The Kier molecular flexibility index (Phi) is 5.64. The number of pyridine rings is 1. The lowest BCUT2D eigenvalue weighted by atomic mass is 10.1. The van der Waals surface area contributed by atoms with Gasteiger partial charge in [-0.25, -0.2) is 4.98 Å². The Labute approximate surface area is 158 Å². The minimum absolute atomic E-state index is 0.0932. The van der Waals surface area contributed by atoms with Crippen molar-refractivity contribution in [3.05, 3.63) is 52.8 Å². The highest BCUT2D eigenvalue weighted by Gasteiger charge is 2.25. The number of carbonyl (C=O) groups is 1. The molecule has 1 aliphatic rings. The van der Waals surface area contributed by atoms with Gasteiger partial charge >= 0.3 is 0 Å². The highest BCUT2D eigenvalue weighted by molar-refractivity contribution is 6.30. The molecule has 138 valence electrons. The second-order valence-electron chi connectivity index (χ2n) is 6.67. The largest absolute Gasteiger partial charge is 0.504 e. The van der Waals surface area contributed by atoms with Crippen molar-refractivity contribution in [3.63, 3.8) is 0 Å². The molecule has 26 heavy (non-hydrogen) atoms. The Morgan fingerprint density at radius 1 is 1.35 bits per heavy atom. The first-order chi connectivity index (χ1) is 12.4. The molecule has 2 aromatic rings. The van der Waals surface area contributed by atoms with Crippen molar-refractivity contribution in [2.75, 3.05) is 31.6 Å². The summed E-state index contributed by atoms with van der Waals surface area (Å²) in [6.07, 6.45) is 1.34. The van der Waals surface area contributed by atoms with E-state index in [1.54, 1.807) is 18.2 Å². The van der Waals surface area contributed by atoms with Crippen molar-refractivity contribution >= 4 is 23.2 Å². The summed E-state index contributed by atoms with van der Waals surface area (Å²) in [6.45, 7) is 5.10. The molecule has 1 amide bonds.